The summed E-state index contributed by atoms with van der Waals surface area (Å²) >= 11 is 1.23. The Kier molecular flexibility index (Phi) is 4.60. The molecular formula is C17H17N7O2S. The van der Waals surface area contributed by atoms with E-state index in [1.54, 1.807) is 15.6 Å². The lowest BCUT2D eigenvalue weighted by Crippen LogP contribution is -2.42. The minimum Gasteiger partial charge on any atom is -0.480 e. The van der Waals surface area contributed by atoms with Gasteiger partial charge in [0.2, 0.25) is 5.95 Å². The second kappa shape index (κ2) is 7.20. The Morgan fingerprint density at radius 2 is 2.30 bits per heavy atom. The lowest BCUT2D eigenvalue weighted by Gasteiger charge is -2.27. The fourth-order valence-electron chi connectivity index (χ4n) is 3.23. The summed E-state index contributed by atoms with van der Waals surface area (Å²) in [6.07, 6.45) is 6.63. The first-order valence-corrected chi connectivity index (χ1v) is 9.45. The van der Waals surface area contributed by atoms with Gasteiger partial charge in [0.25, 0.3) is 0 Å². The Balaban J connectivity index is 1.75. The number of carbonyl (C=O) groups is 1. The van der Waals surface area contributed by atoms with E-state index in [9.17, 15) is 9.90 Å². The van der Waals surface area contributed by atoms with Crippen LogP contribution in [0.3, 0.4) is 0 Å². The summed E-state index contributed by atoms with van der Waals surface area (Å²) in [6, 6.07) is 5.13. The van der Waals surface area contributed by atoms with E-state index in [0.29, 0.717) is 34.7 Å². The van der Waals surface area contributed by atoms with Crippen LogP contribution < -0.4 is 10.2 Å². The van der Waals surface area contributed by atoms with Crippen LogP contribution in [0.15, 0.2) is 24.5 Å². The van der Waals surface area contributed by atoms with Gasteiger partial charge in [0.05, 0.1) is 6.20 Å². The molecule has 1 saturated heterocycles. The second-order valence-corrected chi connectivity index (χ2v) is 7.29. The molecule has 1 fully saturated rings. The third-order valence-corrected chi connectivity index (χ3v) is 5.33. The number of nitrogens with zero attached hydrogens (tertiary/aromatic N) is 6. The Labute approximate surface area is 158 Å². The van der Waals surface area contributed by atoms with E-state index in [4.69, 9.17) is 5.26 Å². The Morgan fingerprint density at radius 3 is 3.07 bits per heavy atom. The van der Waals surface area contributed by atoms with Crippen molar-refractivity contribution in [3.05, 3.63) is 29.4 Å². The first-order chi connectivity index (χ1) is 13.2. The third kappa shape index (κ3) is 3.41. The van der Waals surface area contributed by atoms with Gasteiger partial charge >= 0.3 is 5.97 Å². The minimum absolute atomic E-state index is 0.368. The number of carboxylic acid groups (broad SMARTS) is 1. The molecule has 3 aromatic rings. The molecule has 9 nitrogen and oxygen atoms in total. The van der Waals surface area contributed by atoms with E-state index >= 15 is 0 Å². The lowest BCUT2D eigenvalue weighted by atomic mass is 10.1. The Morgan fingerprint density at radius 1 is 1.41 bits per heavy atom. The molecule has 0 aromatic carbocycles. The van der Waals surface area contributed by atoms with Crippen LogP contribution in [0.1, 0.15) is 30.6 Å². The van der Waals surface area contributed by atoms with Crippen molar-refractivity contribution in [2.45, 2.75) is 31.7 Å². The van der Waals surface area contributed by atoms with Crippen molar-refractivity contribution in [3.63, 3.8) is 0 Å². The van der Waals surface area contributed by atoms with Gasteiger partial charge in [0.15, 0.2) is 10.9 Å². The summed E-state index contributed by atoms with van der Waals surface area (Å²) in [4.78, 5) is 22.8. The van der Waals surface area contributed by atoms with Crippen LogP contribution in [0.25, 0.3) is 5.52 Å². The molecule has 1 aliphatic heterocycles. The standard InChI is InChI=1S/C17H17N7O2S/c18-9-11-10-19-17(27-11)21-14-12-6-4-8-24(12)22-16(20-14)23-7-3-1-2-5-13(23)15(25)26/h4,6,8,10,13H,1-3,5,7H2,(H,25,26)(H,19,20,21,22)/t13-/m1/s1. The summed E-state index contributed by atoms with van der Waals surface area (Å²) in [5.74, 6) is 0.0333. The number of carboxylic acids is 1. The smallest absolute Gasteiger partial charge is 0.326 e. The van der Waals surface area contributed by atoms with Gasteiger partial charge < -0.3 is 15.3 Å². The van der Waals surface area contributed by atoms with E-state index in [-0.39, 0.29) is 0 Å². The average Bonchev–Trinajstić information content (AvgIpc) is 3.24. The molecule has 0 spiro atoms. The highest BCUT2D eigenvalue weighted by Crippen LogP contribution is 2.27. The topological polar surface area (TPSA) is 119 Å². The SMILES string of the molecule is N#Cc1cnc(Nc2nc(N3CCCCC[C@@H]3C(=O)O)nn3cccc23)s1. The maximum absolute atomic E-state index is 11.8. The number of fused-ring (bicyclic) bond motifs is 1. The monoisotopic (exact) mass is 383 g/mol. The van der Waals surface area contributed by atoms with Crippen molar-refractivity contribution in [1.29, 1.82) is 5.26 Å². The molecule has 0 aliphatic carbocycles. The van der Waals surface area contributed by atoms with Crippen LogP contribution in [0.4, 0.5) is 16.9 Å². The molecular weight excluding hydrogens is 366 g/mol. The first-order valence-electron chi connectivity index (χ1n) is 8.63. The van der Waals surface area contributed by atoms with Crippen LogP contribution in [0.5, 0.6) is 0 Å². The maximum atomic E-state index is 11.8. The van der Waals surface area contributed by atoms with Crippen LogP contribution >= 0.6 is 11.3 Å². The van der Waals surface area contributed by atoms with E-state index in [1.165, 1.54) is 17.5 Å². The maximum Gasteiger partial charge on any atom is 0.326 e. The number of rotatable bonds is 4. The molecule has 10 heteroatoms. The van der Waals surface area contributed by atoms with Gasteiger partial charge in [-0.1, -0.05) is 24.2 Å². The summed E-state index contributed by atoms with van der Waals surface area (Å²) in [6.45, 7) is 0.596. The number of nitriles is 1. The van der Waals surface area contributed by atoms with Crippen molar-refractivity contribution in [3.8, 4) is 6.07 Å². The molecule has 0 amide bonds. The Bertz CT molecular complexity index is 1020. The molecule has 0 radical (unpaired) electrons. The van der Waals surface area contributed by atoms with Crippen LogP contribution in [-0.2, 0) is 4.79 Å². The fraction of sp³-hybridized carbons (Fsp3) is 0.353. The zero-order valence-electron chi connectivity index (χ0n) is 14.4. The van der Waals surface area contributed by atoms with Crippen LogP contribution in [0.2, 0.25) is 0 Å². The van der Waals surface area contributed by atoms with Crippen molar-refractivity contribution < 1.29 is 9.90 Å². The quantitative estimate of drug-likeness (QED) is 0.705. The summed E-state index contributed by atoms with van der Waals surface area (Å²) in [5.41, 5.74) is 0.745. The molecule has 4 heterocycles. The molecule has 2 N–H and O–H groups in total. The molecule has 1 atom stereocenters. The van der Waals surface area contributed by atoms with E-state index in [2.05, 4.69) is 26.5 Å². The fourth-order valence-corrected chi connectivity index (χ4v) is 3.84. The minimum atomic E-state index is -0.860. The molecule has 0 saturated carbocycles. The largest absolute Gasteiger partial charge is 0.480 e. The highest BCUT2D eigenvalue weighted by molar-refractivity contribution is 7.16. The third-order valence-electron chi connectivity index (χ3n) is 4.52. The predicted molar refractivity (Wildman–Crippen MR) is 100 cm³/mol. The van der Waals surface area contributed by atoms with E-state index in [1.807, 2.05) is 12.1 Å². The van der Waals surface area contributed by atoms with Gasteiger partial charge in [-0.15, -0.1) is 5.10 Å². The van der Waals surface area contributed by atoms with Crippen molar-refractivity contribution in [2.75, 3.05) is 16.8 Å². The lowest BCUT2D eigenvalue weighted by molar-refractivity contribution is -0.138. The predicted octanol–water partition coefficient (Wildman–Crippen LogP) is 2.63. The summed E-state index contributed by atoms with van der Waals surface area (Å²) in [7, 11) is 0. The zero-order chi connectivity index (χ0) is 18.8. The second-order valence-electron chi connectivity index (χ2n) is 6.26. The molecule has 27 heavy (non-hydrogen) atoms. The number of hydrogen-bond acceptors (Lipinski definition) is 8. The first kappa shape index (κ1) is 17.2. The number of hydrogen-bond donors (Lipinski definition) is 2. The summed E-state index contributed by atoms with van der Waals surface area (Å²) in [5, 5.41) is 26.8. The number of aliphatic carboxylic acids is 1. The number of aromatic nitrogens is 4. The Hall–Kier alpha value is -3.19. The van der Waals surface area contributed by atoms with Gasteiger partial charge in [0.1, 0.15) is 22.5 Å². The highest BCUT2D eigenvalue weighted by atomic mass is 32.1. The van der Waals surface area contributed by atoms with Gasteiger partial charge in [-0.25, -0.2) is 14.3 Å². The number of thiazole rings is 1. The number of nitrogens with one attached hydrogen (secondary N) is 1. The number of anilines is 3. The van der Waals surface area contributed by atoms with Crippen molar-refractivity contribution in [1.82, 2.24) is 19.6 Å². The van der Waals surface area contributed by atoms with Gasteiger partial charge in [0, 0.05) is 12.7 Å². The molecule has 1 aliphatic rings. The van der Waals surface area contributed by atoms with E-state index in [0.717, 1.165) is 24.8 Å². The van der Waals surface area contributed by atoms with Gasteiger partial charge in [-0.2, -0.15) is 10.2 Å². The highest BCUT2D eigenvalue weighted by Gasteiger charge is 2.30. The average molecular weight is 383 g/mol. The molecule has 138 valence electrons. The molecule has 0 unspecified atom stereocenters. The normalized spacial score (nSPS) is 17.4. The molecule has 3 aromatic heterocycles. The molecule has 0 bridgehead atoms. The molecule has 4 rings (SSSR count). The van der Waals surface area contributed by atoms with E-state index < -0.39 is 12.0 Å². The van der Waals surface area contributed by atoms with Crippen molar-refractivity contribution in [2.24, 2.45) is 0 Å². The van der Waals surface area contributed by atoms with Crippen LogP contribution in [0, 0.1) is 11.3 Å². The van der Waals surface area contributed by atoms with Gasteiger partial charge in [-0.05, 0) is 25.0 Å². The van der Waals surface area contributed by atoms with Crippen LogP contribution in [-0.4, -0.2) is 43.2 Å². The summed E-state index contributed by atoms with van der Waals surface area (Å²) < 4.78 is 1.67. The van der Waals surface area contributed by atoms with Gasteiger partial charge in [-0.3, -0.25) is 0 Å². The zero-order valence-corrected chi connectivity index (χ0v) is 15.2. The van der Waals surface area contributed by atoms with Crippen molar-refractivity contribution >= 4 is 39.7 Å².